The first-order valence-electron chi connectivity index (χ1n) is 2.92. The molecule has 3 nitrogen and oxygen atoms in total. The van der Waals surface area contributed by atoms with Crippen molar-refractivity contribution in [2.75, 3.05) is 7.11 Å². The third-order valence-electron chi connectivity index (χ3n) is 1.18. The van der Waals surface area contributed by atoms with E-state index in [4.69, 9.17) is 4.74 Å². The van der Waals surface area contributed by atoms with Gasteiger partial charge in [0.25, 0.3) is 0 Å². The second-order valence-corrected chi connectivity index (χ2v) is 3.02. The van der Waals surface area contributed by atoms with Crippen LogP contribution in [0.5, 0.6) is 5.75 Å². The van der Waals surface area contributed by atoms with E-state index in [-0.39, 0.29) is 0 Å². The van der Waals surface area contributed by atoms with E-state index in [1.165, 1.54) is 0 Å². The quantitative estimate of drug-likeness (QED) is 0.599. The van der Waals surface area contributed by atoms with E-state index in [0.717, 1.165) is 3.57 Å². The number of hydrogen-bond acceptors (Lipinski definition) is 3. The van der Waals surface area contributed by atoms with Gasteiger partial charge in [0.05, 0.1) is 10.7 Å². The summed E-state index contributed by atoms with van der Waals surface area (Å²) in [5, 5.41) is 0. The second-order valence-electron chi connectivity index (χ2n) is 1.86. The van der Waals surface area contributed by atoms with Crippen molar-refractivity contribution in [3.63, 3.8) is 0 Å². The molecular formula is C7H6INO2. The largest absolute Gasteiger partial charge is 0.496 e. The van der Waals surface area contributed by atoms with Gasteiger partial charge < -0.3 is 4.74 Å². The zero-order valence-corrected chi connectivity index (χ0v) is 8.03. The summed E-state index contributed by atoms with van der Waals surface area (Å²) in [6.07, 6.45) is 2.29. The molecule has 0 spiro atoms. The summed E-state index contributed by atoms with van der Waals surface area (Å²) < 4.78 is 5.88. The lowest BCUT2D eigenvalue weighted by atomic mass is 10.3. The Morgan fingerprint density at radius 1 is 1.73 bits per heavy atom. The number of aromatic nitrogens is 1. The summed E-state index contributed by atoms with van der Waals surface area (Å²) in [4.78, 5) is 14.1. The number of halogens is 1. The second kappa shape index (κ2) is 3.66. The number of hydrogen-bond donors (Lipinski definition) is 0. The lowest BCUT2D eigenvalue weighted by Crippen LogP contribution is -1.92. The molecular weight excluding hydrogens is 257 g/mol. The number of methoxy groups -OCH3 is 1. The van der Waals surface area contributed by atoms with Crippen LogP contribution in [0.25, 0.3) is 0 Å². The van der Waals surface area contributed by atoms with Crippen LogP contribution >= 0.6 is 22.6 Å². The highest BCUT2D eigenvalue weighted by atomic mass is 127. The zero-order valence-electron chi connectivity index (χ0n) is 5.87. The molecule has 0 bridgehead atoms. The number of pyridine rings is 1. The third-order valence-corrected chi connectivity index (χ3v) is 1.99. The van der Waals surface area contributed by atoms with Crippen molar-refractivity contribution >= 4 is 28.9 Å². The van der Waals surface area contributed by atoms with Gasteiger partial charge in [-0.3, -0.25) is 9.78 Å². The number of rotatable bonds is 2. The molecule has 1 rings (SSSR count). The first-order valence-corrected chi connectivity index (χ1v) is 4.00. The fraction of sp³-hybridized carbons (Fsp3) is 0.143. The van der Waals surface area contributed by atoms with Crippen LogP contribution in [0.15, 0.2) is 12.3 Å². The van der Waals surface area contributed by atoms with Crippen molar-refractivity contribution < 1.29 is 9.53 Å². The molecule has 0 saturated heterocycles. The van der Waals surface area contributed by atoms with Gasteiger partial charge in [-0.25, -0.2) is 0 Å². The van der Waals surface area contributed by atoms with E-state index < -0.39 is 0 Å². The Labute approximate surface area is 77.9 Å². The lowest BCUT2D eigenvalue weighted by Gasteiger charge is -2.01. The van der Waals surface area contributed by atoms with Crippen molar-refractivity contribution in [2.45, 2.75) is 0 Å². The number of ether oxygens (including phenoxy) is 1. The average molecular weight is 263 g/mol. The fourth-order valence-corrected chi connectivity index (χ4v) is 1.17. The zero-order chi connectivity index (χ0) is 8.27. The Morgan fingerprint density at radius 3 is 3.00 bits per heavy atom. The molecule has 0 unspecified atom stereocenters. The van der Waals surface area contributed by atoms with Gasteiger partial charge >= 0.3 is 0 Å². The number of aldehydes is 1. The Hall–Kier alpha value is -0.650. The maximum absolute atomic E-state index is 10.3. The summed E-state index contributed by atoms with van der Waals surface area (Å²) in [6.45, 7) is 0. The number of carbonyl (C=O) groups excluding carboxylic acids is 1. The van der Waals surface area contributed by atoms with Crippen molar-refractivity contribution in [3.05, 3.63) is 21.5 Å². The molecule has 4 heteroatoms. The first kappa shape index (κ1) is 8.45. The first-order chi connectivity index (χ1) is 5.27. The van der Waals surface area contributed by atoms with Crippen LogP contribution in [0.3, 0.4) is 0 Å². The van der Waals surface area contributed by atoms with Crippen molar-refractivity contribution in [1.82, 2.24) is 4.98 Å². The standard InChI is InChI=1S/C7H6INO2/c1-11-7-2-5(4-10)9-3-6(7)8/h2-4H,1H3. The molecule has 11 heavy (non-hydrogen) atoms. The van der Waals surface area contributed by atoms with Crippen molar-refractivity contribution in [1.29, 1.82) is 0 Å². The molecule has 0 fully saturated rings. The molecule has 0 aliphatic heterocycles. The Bertz CT molecular complexity index is 275. The SMILES string of the molecule is COc1cc(C=O)ncc1I. The van der Waals surface area contributed by atoms with E-state index in [2.05, 4.69) is 27.6 Å². The van der Waals surface area contributed by atoms with E-state index in [0.29, 0.717) is 17.7 Å². The van der Waals surface area contributed by atoms with Crippen LogP contribution < -0.4 is 4.74 Å². The molecule has 0 saturated carbocycles. The maximum Gasteiger partial charge on any atom is 0.168 e. The van der Waals surface area contributed by atoms with Crippen LogP contribution in [0.1, 0.15) is 10.5 Å². The lowest BCUT2D eigenvalue weighted by molar-refractivity contribution is 0.111. The summed E-state index contributed by atoms with van der Waals surface area (Å²) in [7, 11) is 1.56. The maximum atomic E-state index is 10.3. The summed E-state index contributed by atoms with van der Waals surface area (Å²) >= 11 is 2.09. The summed E-state index contributed by atoms with van der Waals surface area (Å²) in [5.74, 6) is 0.683. The van der Waals surface area contributed by atoms with Gasteiger partial charge in [0.2, 0.25) is 0 Å². The van der Waals surface area contributed by atoms with Gasteiger partial charge in [-0.2, -0.15) is 0 Å². The molecule has 1 aromatic heterocycles. The number of carbonyl (C=O) groups is 1. The smallest absolute Gasteiger partial charge is 0.168 e. The van der Waals surface area contributed by atoms with Crippen LogP contribution in [0.4, 0.5) is 0 Å². The minimum absolute atomic E-state index is 0.391. The highest BCUT2D eigenvalue weighted by Crippen LogP contribution is 2.18. The minimum Gasteiger partial charge on any atom is -0.496 e. The Balaban J connectivity index is 3.12. The molecule has 0 aromatic carbocycles. The Kier molecular flexibility index (Phi) is 2.81. The van der Waals surface area contributed by atoms with Crippen molar-refractivity contribution in [3.8, 4) is 5.75 Å². The van der Waals surface area contributed by atoms with E-state index in [1.54, 1.807) is 19.4 Å². The molecule has 1 heterocycles. The van der Waals surface area contributed by atoms with Gasteiger partial charge in [-0.15, -0.1) is 0 Å². The molecule has 0 aliphatic rings. The topological polar surface area (TPSA) is 39.2 Å². The number of nitrogens with zero attached hydrogens (tertiary/aromatic N) is 1. The molecule has 0 N–H and O–H groups in total. The van der Waals surface area contributed by atoms with E-state index in [1.807, 2.05) is 0 Å². The monoisotopic (exact) mass is 263 g/mol. The van der Waals surface area contributed by atoms with Gasteiger partial charge in [-0.1, -0.05) is 0 Å². The van der Waals surface area contributed by atoms with Gasteiger partial charge in [0, 0.05) is 12.3 Å². The minimum atomic E-state index is 0.391. The van der Waals surface area contributed by atoms with E-state index in [9.17, 15) is 4.79 Å². The molecule has 58 valence electrons. The molecule has 1 aromatic rings. The Morgan fingerprint density at radius 2 is 2.45 bits per heavy atom. The van der Waals surface area contributed by atoms with Crippen LogP contribution in [-0.4, -0.2) is 18.4 Å². The third kappa shape index (κ3) is 1.89. The highest BCUT2D eigenvalue weighted by Gasteiger charge is 2.00. The van der Waals surface area contributed by atoms with Gasteiger partial charge in [-0.05, 0) is 22.6 Å². The predicted octanol–water partition coefficient (Wildman–Crippen LogP) is 1.51. The van der Waals surface area contributed by atoms with Gasteiger partial charge in [0.1, 0.15) is 11.4 Å². The fourth-order valence-electron chi connectivity index (χ4n) is 0.656. The van der Waals surface area contributed by atoms with Crippen LogP contribution in [-0.2, 0) is 0 Å². The highest BCUT2D eigenvalue weighted by molar-refractivity contribution is 14.1. The summed E-state index contributed by atoms with van der Waals surface area (Å²) in [6, 6.07) is 1.61. The molecule has 0 amide bonds. The normalized spacial score (nSPS) is 9.27. The predicted molar refractivity (Wildman–Crippen MR) is 48.9 cm³/mol. The van der Waals surface area contributed by atoms with Crippen LogP contribution in [0, 0.1) is 3.57 Å². The van der Waals surface area contributed by atoms with Crippen LogP contribution in [0.2, 0.25) is 0 Å². The average Bonchev–Trinajstić information content (AvgIpc) is 2.05. The van der Waals surface area contributed by atoms with Crippen molar-refractivity contribution in [2.24, 2.45) is 0 Å². The van der Waals surface area contributed by atoms with E-state index >= 15 is 0 Å². The van der Waals surface area contributed by atoms with Gasteiger partial charge in [0.15, 0.2) is 6.29 Å². The summed E-state index contributed by atoms with van der Waals surface area (Å²) in [5.41, 5.74) is 0.391. The molecule has 0 radical (unpaired) electrons. The molecule has 0 atom stereocenters. The molecule has 0 aliphatic carbocycles.